The van der Waals surface area contributed by atoms with Crippen LogP contribution in [0.4, 0.5) is 25.2 Å². The number of aryl methyl sites for hydroxylation is 1. The Balaban J connectivity index is 0. The van der Waals surface area contributed by atoms with Gasteiger partial charge in [-0.15, -0.1) is 0 Å². The van der Waals surface area contributed by atoms with Crippen LogP contribution in [0, 0.1) is 13.3 Å². The zero-order valence-electron chi connectivity index (χ0n) is 10.3. The first-order chi connectivity index (χ1) is 8.34. The third-order valence-electron chi connectivity index (χ3n) is 1.50. The van der Waals surface area contributed by atoms with Gasteiger partial charge in [0.1, 0.15) is 0 Å². The molecular formula is C12H13F6FeP-. The van der Waals surface area contributed by atoms with Crippen LogP contribution in [0.1, 0.15) is 5.56 Å². The fourth-order valence-electron chi connectivity index (χ4n) is 0.855. The third-order valence-corrected chi connectivity index (χ3v) is 1.50. The van der Waals surface area contributed by atoms with E-state index in [-0.39, 0.29) is 17.1 Å². The molecule has 0 amide bonds. The maximum Gasteiger partial charge on any atom is 0.00506 e. The summed E-state index contributed by atoms with van der Waals surface area (Å²) in [4.78, 5) is 0. The Hall–Kier alpha value is -0.771. The molecule has 0 N–H and O–H groups in total. The van der Waals surface area contributed by atoms with Gasteiger partial charge in [-0.25, -0.2) is 0 Å². The SMILES string of the molecule is Cc1ccccc1.F[P-](F)(F)(F)(F)F.[CH]1C=CC=C1.[Fe]. The minimum Gasteiger partial charge on any atom is -0.0767 e. The van der Waals surface area contributed by atoms with E-state index >= 15 is 0 Å². The Kier molecular flexibility index (Phi) is 7.86. The van der Waals surface area contributed by atoms with E-state index in [1.807, 2.05) is 48.9 Å². The number of halogens is 6. The van der Waals surface area contributed by atoms with E-state index < -0.39 is 7.81 Å². The zero-order chi connectivity index (χ0) is 15.1. The van der Waals surface area contributed by atoms with Gasteiger partial charge < -0.3 is 0 Å². The maximum absolute atomic E-state index is 10.7. The van der Waals surface area contributed by atoms with Crippen molar-refractivity contribution in [2.24, 2.45) is 0 Å². The molecule has 1 radical (unpaired) electrons. The van der Waals surface area contributed by atoms with Crippen molar-refractivity contribution in [1.82, 2.24) is 0 Å². The molecule has 1 aliphatic carbocycles. The summed E-state index contributed by atoms with van der Waals surface area (Å²) in [5, 5.41) is 0. The Morgan fingerprint density at radius 2 is 1.05 bits per heavy atom. The van der Waals surface area contributed by atoms with E-state index in [0.717, 1.165) is 0 Å². The topological polar surface area (TPSA) is 0 Å². The smallest absolute Gasteiger partial charge is 0.00506 e. The van der Waals surface area contributed by atoms with E-state index in [4.69, 9.17) is 0 Å². The molecule has 1 aliphatic rings. The molecule has 1 aromatic rings. The largest absolute Gasteiger partial charge is 0.0767 e. The quantitative estimate of drug-likeness (QED) is 0.275. The predicted molar refractivity (Wildman–Crippen MR) is 67.3 cm³/mol. The van der Waals surface area contributed by atoms with Crippen molar-refractivity contribution in [2.75, 3.05) is 0 Å². The molecule has 0 spiro atoms. The summed E-state index contributed by atoms with van der Waals surface area (Å²) in [6.07, 6.45) is 10.0. The summed E-state index contributed by atoms with van der Waals surface area (Å²) in [7, 11) is -10.7. The Labute approximate surface area is 124 Å². The van der Waals surface area contributed by atoms with Crippen molar-refractivity contribution in [3.05, 3.63) is 66.6 Å². The molecule has 0 saturated heterocycles. The van der Waals surface area contributed by atoms with Crippen LogP contribution in [-0.4, -0.2) is 0 Å². The van der Waals surface area contributed by atoms with Gasteiger partial charge in [-0.1, -0.05) is 60.2 Å². The molecule has 117 valence electrons. The van der Waals surface area contributed by atoms with E-state index in [1.165, 1.54) is 5.56 Å². The van der Waals surface area contributed by atoms with Crippen LogP contribution in [0.25, 0.3) is 0 Å². The van der Waals surface area contributed by atoms with Gasteiger partial charge in [0.2, 0.25) is 0 Å². The van der Waals surface area contributed by atoms with Crippen molar-refractivity contribution >= 4 is 7.81 Å². The van der Waals surface area contributed by atoms with Gasteiger partial charge >= 0.3 is 33.0 Å². The first-order valence-electron chi connectivity index (χ1n) is 5.09. The number of rotatable bonds is 0. The predicted octanol–water partition coefficient (Wildman–Crippen LogP) is 6.69. The molecule has 1 aromatic carbocycles. The van der Waals surface area contributed by atoms with Crippen LogP contribution in [0.2, 0.25) is 0 Å². The molecular weight excluding hydrogens is 345 g/mol. The maximum atomic E-state index is 9.87. The van der Waals surface area contributed by atoms with Crippen molar-refractivity contribution in [2.45, 2.75) is 6.92 Å². The van der Waals surface area contributed by atoms with Crippen LogP contribution < -0.4 is 0 Å². The Morgan fingerprint density at radius 1 is 0.700 bits per heavy atom. The van der Waals surface area contributed by atoms with Crippen LogP contribution in [0.5, 0.6) is 0 Å². The van der Waals surface area contributed by atoms with E-state index in [0.29, 0.717) is 0 Å². The number of hydrogen-bond donors (Lipinski definition) is 0. The fourth-order valence-corrected chi connectivity index (χ4v) is 0.855. The van der Waals surface area contributed by atoms with Gasteiger partial charge in [-0.3, -0.25) is 0 Å². The van der Waals surface area contributed by atoms with Crippen LogP contribution in [-0.2, 0) is 17.1 Å². The summed E-state index contributed by atoms with van der Waals surface area (Å²) >= 11 is 0. The third kappa shape index (κ3) is 30.3. The number of allylic oxidation sites excluding steroid dienone is 4. The molecule has 0 nitrogen and oxygen atoms in total. The molecule has 0 heterocycles. The molecule has 0 atom stereocenters. The molecule has 8 heteroatoms. The van der Waals surface area contributed by atoms with E-state index in [1.54, 1.807) is 0 Å². The normalized spacial score (nSPS) is 15.6. The molecule has 2 rings (SSSR count). The summed E-state index contributed by atoms with van der Waals surface area (Å²) in [6.45, 7) is 2.08. The number of benzene rings is 1. The fraction of sp³-hybridized carbons (Fsp3) is 0.0833. The molecule has 0 saturated carbocycles. The molecule has 0 unspecified atom stereocenters. The van der Waals surface area contributed by atoms with Crippen LogP contribution in [0.15, 0.2) is 54.6 Å². The molecule has 0 fully saturated rings. The van der Waals surface area contributed by atoms with Crippen molar-refractivity contribution < 1.29 is 42.3 Å². The minimum atomic E-state index is -10.7. The summed E-state index contributed by atoms with van der Waals surface area (Å²) < 4.78 is 59.2. The van der Waals surface area contributed by atoms with Crippen molar-refractivity contribution in [1.29, 1.82) is 0 Å². The monoisotopic (exact) mass is 358 g/mol. The average Bonchev–Trinajstić information content (AvgIpc) is 2.71. The van der Waals surface area contributed by atoms with Gasteiger partial charge in [0.05, 0.1) is 0 Å². The van der Waals surface area contributed by atoms with Gasteiger partial charge in [0.15, 0.2) is 0 Å². The van der Waals surface area contributed by atoms with Crippen LogP contribution >= 0.6 is 7.81 Å². The molecule has 0 aliphatic heterocycles. The Bertz CT molecular complexity index is 413. The standard InChI is InChI=1S/C7H8.C5H5.F6P.Fe/c1-7-5-3-2-4-6-7;1-2-4-5-3-1;1-7(2,3,4,5)6;/h2-6H,1H3;1-5H;;/q;;-1;. The Morgan fingerprint density at radius 3 is 1.20 bits per heavy atom. The first kappa shape index (κ1) is 21.5. The minimum absolute atomic E-state index is 0. The summed E-state index contributed by atoms with van der Waals surface area (Å²) in [5.74, 6) is 0. The second-order valence-electron chi connectivity index (χ2n) is 3.58. The molecule has 0 bridgehead atoms. The van der Waals surface area contributed by atoms with Crippen molar-refractivity contribution in [3.8, 4) is 0 Å². The van der Waals surface area contributed by atoms with Crippen molar-refractivity contribution in [3.63, 3.8) is 0 Å². The second-order valence-corrected chi connectivity index (χ2v) is 5.49. The number of hydrogen-bond acceptors (Lipinski definition) is 0. The second kappa shape index (κ2) is 7.30. The molecule has 20 heavy (non-hydrogen) atoms. The van der Waals surface area contributed by atoms with Gasteiger partial charge in [0, 0.05) is 23.5 Å². The van der Waals surface area contributed by atoms with Gasteiger partial charge in [0.25, 0.3) is 0 Å². The van der Waals surface area contributed by atoms with Gasteiger partial charge in [-0.05, 0) is 6.92 Å². The average molecular weight is 358 g/mol. The van der Waals surface area contributed by atoms with Crippen LogP contribution in [0.3, 0.4) is 0 Å². The molecule has 0 aromatic heterocycles. The first-order valence-corrected chi connectivity index (χ1v) is 7.12. The van der Waals surface area contributed by atoms with E-state index in [9.17, 15) is 25.2 Å². The van der Waals surface area contributed by atoms with Gasteiger partial charge in [-0.2, -0.15) is 0 Å². The zero-order valence-corrected chi connectivity index (χ0v) is 12.3. The summed E-state index contributed by atoms with van der Waals surface area (Å²) in [6, 6.07) is 10.3. The van der Waals surface area contributed by atoms with E-state index in [2.05, 4.69) is 19.1 Å². The summed E-state index contributed by atoms with van der Waals surface area (Å²) in [5.41, 5.74) is 1.32.